The summed E-state index contributed by atoms with van der Waals surface area (Å²) in [6.45, 7) is 8.17. The quantitative estimate of drug-likeness (QED) is 0.700. The molecule has 2 atom stereocenters. The fourth-order valence-electron chi connectivity index (χ4n) is 2.75. The van der Waals surface area contributed by atoms with E-state index >= 15 is 0 Å². The second-order valence-electron chi connectivity index (χ2n) is 6.79. The van der Waals surface area contributed by atoms with Gasteiger partial charge in [-0.2, -0.15) is 0 Å². The second kappa shape index (κ2) is 8.67. The molecule has 0 fully saturated rings. The van der Waals surface area contributed by atoms with Crippen molar-refractivity contribution in [3.63, 3.8) is 0 Å². The van der Waals surface area contributed by atoms with Gasteiger partial charge in [0.25, 0.3) is 5.91 Å². The highest BCUT2D eigenvalue weighted by molar-refractivity contribution is 5.96. The number of likely N-dealkylation sites (N-methyl/N-ethyl adjacent to an activating group) is 1. The van der Waals surface area contributed by atoms with Gasteiger partial charge in [0.05, 0.1) is 13.6 Å². The van der Waals surface area contributed by atoms with Gasteiger partial charge in [-0.1, -0.05) is 18.2 Å². The number of furan rings is 1. The molecule has 0 radical (unpaired) electrons. The molecule has 0 aliphatic heterocycles. The first kappa shape index (κ1) is 19.7. The Hall–Kier alpha value is -2.60. The molecule has 0 spiro atoms. The topological polar surface area (TPSA) is 75.8 Å². The Balaban J connectivity index is 1.84. The Bertz CT molecular complexity index is 762. The first-order chi connectivity index (χ1) is 12.3. The van der Waals surface area contributed by atoms with Crippen molar-refractivity contribution in [1.29, 1.82) is 0 Å². The first-order valence-corrected chi connectivity index (χ1v) is 8.79. The van der Waals surface area contributed by atoms with Crippen LogP contribution in [0, 0.1) is 20.8 Å². The van der Waals surface area contributed by atoms with Gasteiger partial charge < -0.3 is 20.0 Å². The number of hydrogen-bond acceptors (Lipinski definition) is 3. The number of quaternary nitrogens is 1. The molecule has 1 unspecified atom stereocenters. The Morgan fingerprint density at radius 3 is 2.35 bits per heavy atom. The Labute approximate surface area is 154 Å². The summed E-state index contributed by atoms with van der Waals surface area (Å²) in [6, 6.07) is 9.36. The number of anilines is 1. The minimum atomic E-state index is -0.298. The van der Waals surface area contributed by atoms with Gasteiger partial charge in [-0.3, -0.25) is 9.59 Å². The zero-order valence-electron chi connectivity index (χ0n) is 16.1. The Kier molecular flexibility index (Phi) is 6.58. The fraction of sp³-hybridized carbons (Fsp3) is 0.400. The minimum absolute atomic E-state index is 0.0515. The van der Waals surface area contributed by atoms with Crippen LogP contribution in [0.2, 0.25) is 0 Å². The van der Waals surface area contributed by atoms with Gasteiger partial charge in [0, 0.05) is 5.69 Å². The zero-order valence-corrected chi connectivity index (χ0v) is 16.1. The smallest absolute Gasteiger partial charge is 0.278 e. The summed E-state index contributed by atoms with van der Waals surface area (Å²) in [4.78, 5) is 25.5. The molecule has 140 valence electrons. The lowest BCUT2D eigenvalue weighted by atomic mass is 10.1. The molecular weight excluding hydrogens is 330 g/mol. The van der Waals surface area contributed by atoms with E-state index in [4.69, 9.17) is 4.42 Å². The molecule has 0 saturated heterocycles. The van der Waals surface area contributed by atoms with E-state index in [-0.39, 0.29) is 24.4 Å². The fourth-order valence-corrected chi connectivity index (χ4v) is 2.75. The van der Waals surface area contributed by atoms with Crippen LogP contribution in [0.4, 0.5) is 5.69 Å². The van der Waals surface area contributed by atoms with Gasteiger partial charge >= 0.3 is 0 Å². The number of hydrogen-bond donors (Lipinski definition) is 3. The van der Waals surface area contributed by atoms with Gasteiger partial charge in [-0.25, -0.2) is 0 Å². The summed E-state index contributed by atoms with van der Waals surface area (Å²) >= 11 is 0. The van der Waals surface area contributed by atoms with Gasteiger partial charge in [0.15, 0.2) is 11.8 Å². The number of amides is 2. The molecule has 0 aliphatic carbocycles. The highest BCUT2D eigenvalue weighted by atomic mass is 16.3. The summed E-state index contributed by atoms with van der Waals surface area (Å²) in [6.07, 6.45) is 0. The highest BCUT2D eigenvalue weighted by Crippen LogP contribution is 2.18. The number of rotatable bonds is 7. The third kappa shape index (κ3) is 5.20. The van der Waals surface area contributed by atoms with E-state index in [0.29, 0.717) is 6.54 Å². The lowest BCUT2D eigenvalue weighted by Gasteiger charge is -2.20. The molecule has 2 amide bonds. The van der Waals surface area contributed by atoms with E-state index in [1.54, 1.807) is 0 Å². The van der Waals surface area contributed by atoms with Crippen LogP contribution in [-0.2, 0) is 16.1 Å². The average Bonchev–Trinajstić information content (AvgIpc) is 3.00. The van der Waals surface area contributed by atoms with Crippen molar-refractivity contribution in [3.8, 4) is 0 Å². The minimum Gasteiger partial charge on any atom is -0.460 e. The van der Waals surface area contributed by atoms with Crippen molar-refractivity contribution in [1.82, 2.24) is 5.32 Å². The number of nitrogens with one attached hydrogen (secondary N) is 3. The summed E-state index contributed by atoms with van der Waals surface area (Å²) in [5.41, 5.74) is 2.79. The van der Waals surface area contributed by atoms with E-state index < -0.39 is 0 Å². The van der Waals surface area contributed by atoms with Gasteiger partial charge in [-0.05, 0) is 51.0 Å². The summed E-state index contributed by atoms with van der Waals surface area (Å²) in [5.74, 6) is 1.30. The number of aryl methyl sites for hydroxylation is 3. The maximum Gasteiger partial charge on any atom is 0.278 e. The van der Waals surface area contributed by atoms with Gasteiger partial charge in [0.2, 0.25) is 5.91 Å². The number of carbonyl (C=O) groups excluding carboxylic acids is 2. The van der Waals surface area contributed by atoms with Crippen LogP contribution < -0.4 is 15.5 Å². The molecule has 26 heavy (non-hydrogen) atoms. The van der Waals surface area contributed by atoms with Crippen LogP contribution in [-0.4, -0.2) is 31.4 Å². The van der Waals surface area contributed by atoms with Crippen molar-refractivity contribution in [2.75, 3.05) is 18.9 Å². The predicted octanol–water partition coefficient (Wildman–Crippen LogP) is 1.36. The summed E-state index contributed by atoms with van der Waals surface area (Å²) in [7, 11) is 1.93. The highest BCUT2D eigenvalue weighted by Gasteiger charge is 2.23. The van der Waals surface area contributed by atoms with E-state index in [9.17, 15) is 9.59 Å². The lowest BCUT2D eigenvalue weighted by Crippen LogP contribution is -3.12. The molecule has 6 nitrogen and oxygen atoms in total. The van der Waals surface area contributed by atoms with Crippen molar-refractivity contribution < 1.29 is 18.9 Å². The lowest BCUT2D eigenvalue weighted by molar-refractivity contribution is -0.909. The Morgan fingerprint density at radius 1 is 1.12 bits per heavy atom. The molecule has 0 aliphatic rings. The standard InChI is InChI=1S/C20H27N3O3/c1-13-7-6-8-14(2)19(13)22-18(24)11-21-20(25)16(4)23(5)12-17-10-9-15(3)26-17/h6-10,16H,11-12H2,1-5H3,(H,21,25)(H,22,24)/p+1/t16-/m1/s1. The van der Waals surface area contributed by atoms with Crippen LogP contribution in [0.3, 0.4) is 0 Å². The first-order valence-electron chi connectivity index (χ1n) is 8.79. The largest absolute Gasteiger partial charge is 0.460 e. The SMILES string of the molecule is Cc1ccc(C[NH+](C)[C@H](C)C(=O)NCC(=O)Nc2c(C)cccc2C)o1. The summed E-state index contributed by atoms with van der Waals surface area (Å²) in [5, 5.41) is 5.58. The molecule has 1 aromatic heterocycles. The molecule has 3 N–H and O–H groups in total. The molecule has 0 saturated carbocycles. The average molecular weight is 358 g/mol. The zero-order chi connectivity index (χ0) is 19.3. The molecule has 0 bridgehead atoms. The maximum absolute atomic E-state index is 12.3. The third-order valence-electron chi connectivity index (χ3n) is 4.55. The van der Waals surface area contributed by atoms with Gasteiger partial charge in [0.1, 0.15) is 12.3 Å². The second-order valence-corrected chi connectivity index (χ2v) is 6.79. The van der Waals surface area contributed by atoms with E-state index in [0.717, 1.165) is 33.2 Å². The number of benzene rings is 1. The van der Waals surface area contributed by atoms with Crippen LogP contribution in [0.1, 0.15) is 29.6 Å². The van der Waals surface area contributed by atoms with Crippen LogP contribution in [0.15, 0.2) is 34.7 Å². The van der Waals surface area contributed by atoms with E-state index in [2.05, 4.69) is 10.6 Å². The number of para-hydroxylation sites is 1. The normalized spacial score (nSPS) is 13.1. The molecule has 1 heterocycles. The molecule has 6 heteroatoms. The Morgan fingerprint density at radius 2 is 1.77 bits per heavy atom. The molecule has 2 rings (SSSR count). The van der Waals surface area contributed by atoms with Crippen molar-refractivity contribution >= 4 is 17.5 Å². The molecule has 1 aromatic carbocycles. The van der Waals surface area contributed by atoms with Crippen LogP contribution in [0.25, 0.3) is 0 Å². The van der Waals surface area contributed by atoms with E-state index in [1.807, 2.05) is 65.1 Å². The monoisotopic (exact) mass is 358 g/mol. The predicted molar refractivity (Wildman–Crippen MR) is 101 cm³/mol. The van der Waals surface area contributed by atoms with E-state index in [1.165, 1.54) is 0 Å². The maximum atomic E-state index is 12.3. The van der Waals surface area contributed by atoms with Crippen molar-refractivity contribution in [3.05, 3.63) is 53.0 Å². The van der Waals surface area contributed by atoms with Gasteiger partial charge in [-0.15, -0.1) is 0 Å². The van der Waals surface area contributed by atoms with Crippen molar-refractivity contribution in [2.24, 2.45) is 0 Å². The third-order valence-corrected chi connectivity index (χ3v) is 4.55. The summed E-state index contributed by atoms with van der Waals surface area (Å²) < 4.78 is 5.55. The van der Waals surface area contributed by atoms with Crippen LogP contribution >= 0.6 is 0 Å². The van der Waals surface area contributed by atoms with Crippen LogP contribution in [0.5, 0.6) is 0 Å². The molecule has 2 aromatic rings. The number of carbonyl (C=O) groups is 2. The molecular formula is C20H28N3O3+. The van der Waals surface area contributed by atoms with Crippen molar-refractivity contribution in [2.45, 2.75) is 40.3 Å².